The number of methoxy groups -OCH3 is 1. The van der Waals surface area contributed by atoms with Gasteiger partial charge in [-0.05, 0) is 60.6 Å². The molecule has 0 N–H and O–H groups in total. The van der Waals surface area contributed by atoms with Crippen molar-refractivity contribution in [3.05, 3.63) is 63.6 Å². The molecule has 0 bridgehead atoms. The number of carbonyl (C=O) groups excluding carboxylic acids is 1. The van der Waals surface area contributed by atoms with Gasteiger partial charge in [-0.3, -0.25) is 9.69 Å². The van der Waals surface area contributed by atoms with Crippen molar-refractivity contribution in [2.45, 2.75) is 38.7 Å². The van der Waals surface area contributed by atoms with Crippen molar-refractivity contribution in [3.63, 3.8) is 0 Å². The van der Waals surface area contributed by atoms with E-state index in [1.54, 1.807) is 18.2 Å². The maximum Gasteiger partial charge on any atom is 0.416 e. The first kappa shape index (κ1) is 30.8. The maximum atomic E-state index is 13.5. The van der Waals surface area contributed by atoms with Gasteiger partial charge in [-0.1, -0.05) is 25.5 Å². The van der Waals surface area contributed by atoms with Gasteiger partial charge >= 0.3 is 12.4 Å². The van der Waals surface area contributed by atoms with E-state index < -0.39 is 35.6 Å². The van der Waals surface area contributed by atoms with E-state index in [0.29, 0.717) is 21.7 Å². The summed E-state index contributed by atoms with van der Waals surface area (Å²) in [6, 6.07) is 6.02. The van der Waals surface area contributed by atoms with Crippen LogP contribution in [0.3, 0.4) is 0 Å². The van der Waals surface area contributed by atoms with E-state index in [0.717, 1.165) is 51.6 Å². The molecule has 13 heteroatoms. The molecule has 1 saturated heterocycles. The first-order valence-electron chi connectivity index (χ1n) is 13.0. The molecule has 222 valence electrons. The smallest absolute Gasteiger partial charge is 0.416 e. The molecule has 0 atom stereocenters. The Bertz CT molecular complexity index is 1320. The lowest BCUT2D eigenvalue weighted by molar-refractivity contribution is -0.143. The number of nitrogens with zero attached hydrogens (tertiary/aromatic N) is 3. The maximum absolute atomic E-state index is 13.5. The molecule has 2 aromatic rings. The Balaban J connectivity index is 1.43. The number of ether oxygens (including phenoxy) is 2. The number of amides is 1. The van der Waals surface area contributed by atoms with Gasteiger partial charge in [0.15, 0.2) is 16.7 Å². The molecule has 0 aliphatic carbocycles. The highest BCUT2D eigenvalue weighted by atomic mass is 32.2. The molecule has 0 spiro atoms. The summed E-state index contributed by atoms with van der Waals surface area (Å²) in [6.45, 7) is 5.96. The molecule has 6 nitrogen and oxygen atoms in total. The second-order valence-electron chi connectivity index (χ2n) is 9.56. The number of hydrogen-bond acceptors (Lipinski definition) is 6. The van der Waals surface area contributed by atoms with Crippen molar-refractivity contribution in [1.29, 1.82) is 0 Å². The third kappa shape index (κ3) is 7.76. The van der Waals surface area contributed by atoms with Crippen LogP contribution in [-0.4, -0.2) is 60.7 Å². The molecule has 2 aliphatic rings. The highest BCUT2D eigenvalue weighted by molar-refractivity contribution is 8.18. The summed E-state index contributed by atoms with van der Waals surface area (Å²) in [5, 5.41) is 0.653. The number of piperazine rings is 1. The number of halogens is 6. The molecule has 0 radical (unpaired) electrons. The highest BCUT2D eigenvalue weighted by Gasteiger charge is 2.38. The van der Waals surface area contributed by atoms with E-state index in [1.807, 2.05) is 0 Å². The lowest BCUT2D eigenvalue weighted by atomic mass is 10.0. The molecule has 2 heterocycles. The monoisotopic (exact) mass is 601 g/mol. The van der Waals surface area contributed by atoms with Crippen LogP contribution in [0.2, 0.25) is 0 Å². The van der Waals surface area contributed by atoms with Crippen molar-refractivity contribution < 1.29 is 40.6 Å². The fourth-order valence-corrected chi connectivity index (χ4v) is 5.39. The van der Waals surface area contributed by atoms with Gasteiger partial charge in [0.2, 0.25) is 0 Å². The first-order valence-corrected chi connectivity index (χ1v) is 13.8. The molecule has 0 unspecified atom stereocenters. The molecule has 2 aliphatic heterocycles. The van der Waals surface area contributed by atoms with Crippen LogP contribution in [0.4, 0.5) is 26.3 Å². The number of amidine groups is 1. The normalized spacial score (nSPS) is 17.8. The largest absolute Gasteiger partial charge is 0.493 e. The van der Waals surface area contributed by atoms with E-state index >= 15 is 0 Å². The van der Waals surface area contributed by atoms with Crippen LogP contribution in [0.1, 0.15) is 42.0 Å². The summed E-state index contributed by atoms with van der Waals surface area (Å²) in [6.07, 6.45) is -5.99. The Morgan fingerprint density at radius 3 is 2.34 bits per heavy atom. The molecule has 1 amide bonds. The average molecular weight is 602 g/mol. The lowest BCUT2D eigenvalue weighted by Gasteiger charge is -2.35. The van der Waals surface area contributed by atoms with E-state index in [-0.39, 0.29) is 23.5 Å². The number of alkyl halides is 6. The average Bonchev–Trinajstić information content (AvgIpc) is 3.29. The Hall–Kier alpha value is -3.19. The van der Waals surface area contributed by atoms with E-state index in [4.69, 9.17) is 9.47 Å². The number of aliphatic imine (C=N–C) groups is 1. The Morgan fingerprint density at radius 1 is 0.976 bits per heavy atom. The topological polar surface area (TPSA) is 54.4 Å². The molecule has 1 fully saturated rings. The standard InChI is InChI=1S/C28H29F6N3O3S/c1-3-4-9-36-10-12-37(13-11-36)26-35-25(38)24(41-26)15-18-5-8-22(23(14-18)39-2)40-17-19-6-7-20(27(29,30)31)16-21(19)28(32,33)34/h5-8,14-16H,3-4,9-13,17H2,1-2H3/b24-15+. The third-order valence-corrected chi connectivity index (χ3v) is 7.74. The van der Waals surface area contributed by atoms with Crippen molar-refractivity contribution >= 4 is 28.9 Å². The molecule has 0 aromatic heterocycles. The van der Waals surface area contributed by atoms with Crippen LogP contribution < -0.4 is 9.47 Å². The summed E-state index contributed by atoms with van der Waals surface area (Å²) in [5.41, 5.74) is -2.70. The minimum Gasteiger partial charge on any atom is -0.493 e. The van der Waals surface area contributed by atoms with Gasteiger partial charge in [-0.25, -0.2) is 0 Å². The van der Waals surface area contributed by atoms with Crippen LogP contribution in [0.25, 0.3) is 6.08 Å². The van der Waals surface area contributed by atoms with Crippen LogP contribution in [-0.2, 0) is 23.8 Å². The van der Waals surface area contributed by atoms with Crippen LogP contribution in [0, 0.1) is 0 Å². The van der Waals surface area contributed by atoms with Crippen LogP contribution >= 0.6 is 11.8 Å². The van der Waals surface area contributed by atoms with Gasteiger partial charge in [-0.15, -0.1) is 0 Å². The third-order valence-electron chi connectivity index (χ3n) is 6.69. The quantitative estimate of drug-likeness (QED) is 0.248. The number of carbonyl (C=O) groups is 1. The summed E-state index contributed by atoms with van der Waals surface area (Å²) >= 11 is 1.28. The molecular weight excluding hydrogens is 572 g/mol. The molecule has 4 rings (SSSR count). The minimum absolute atomic E-state index is 0.0736. The molecule has 41 heavy (non-hydrogen) atoms. The lowest BCUT2D eigenvalue weighted by Crippen LogP contribution is -2.47. The predicted octanol–water partition coefficient (Wildman–Crippen LogP) is 6.70. The van der Waals surface area contributed by atoms with Gasteiger partial charge in [0, 0.05) is 31.7 Å². The van der Waals surface area contributed by atoms with Crippen molar-refractivity contribution in [3.8, 4) is 11.5 Å². The van der Waals surface area contributed by atoms with Crippen LogP contribution in [0.5, 0.6) is 11.5 Å². The Labute approximate surface area is 238 Å². The number of hydrogen-bond donors (Lipinski definition) is 0. The van der Waals surface area contributed by atoms with E-state index in [2.05, 4.69) is 21.7 Å². The minimum atomic E-state index is -5.00. The summed E-state index contributed by atoms with van der Waals surface area (Å²) in [5.74, 6) is -0.0924. The molecule has 2 aromatic carbocycles. The molecular formula is C28H29F6N3O3S. The number of unbranched alkanes of at least 4 members (excludes halogenated alkanes) is 1. The van der Waals surface area contributed by atoms with Crippen molar-refractivity contribution in [1.82, 2.24) is 9.80 Å². The predicted molar refractivity (Wildman–Crippen MR) is 145 cm³/mol. The zero-order valence-electron chi connectivity index (χ0n) is 22.4. The van der Waals surface area contributed by atoms with Crippen molar-refractivity contribution in [2.75, 3.05) is 39.8 Å². The van der Waals surface area contributed by atoms with Gasteiger partial charge in [0.05, 0.1) is 23.1 Å². The van der Waals surface area contributed by atoms with E-state index in [1.165, 1.54) is 24.9 Å². The summed E-state index contributed by atoms with van der Waals surface area (Å²) in [7, 11) is 1.34. The number of benzene rings is 2. The number of thioether (sulfide) groups is 1. The summed E-state index contributed by atoms with van der Waals surface area (Å²) < 4.78 is 90.1. The molecule has 0 saturated carbocycles. The van der Waals surface area contributed by atoms with Gasteiger partial charge in [0.25, 0.3) is 5.91 Å². The van der Waals surface area contributed by atoms with Crippen LogP contribution in [0.15, 0.2) is 46.3 Å². The van der Waals surface area contributed by atoms with Gasteiger partial charge in [-0.2, -0.15) is 31.3 Å². The SMILES string of the molecule is CCCCN1CCN(C2=NC(=O)/C(=C\c3ccc(OCc4ccc(C(F)(F)F)cc4C(F)(F)F)c(OC)c3)S2)CC1. The second-order valence-corrected chi connectivity index (χ2v) is 10.6. The fourth-order valence-electron chi connectivity index (χ4n) is 4.42. The van der Waals surface area contributed by atoms with E-state index in [9.17, 15) is 31.1 Å². The van der Waals surface area contributed by atoms with Gasteiger partial charge < -0.3 is 14.4 Å². The number of rotatable bonds is 8. The van der Waals surface area contributed by atoms with Gasteiger partial charge in [0.1, 0.15) is 6.61 Å². The fraction of sp³-hybridized carbons (Fsp3) is 0.429. The summed E-state index contributed by atoms with van der Waals surface area (Å²) in [4.78, 5) is 21.7. The Kier molecular flexibility index (Phi) is 9.58. The zero-order chi connectivity index (χ0) is 29.8. The first-order chi connectivity index (χ1) is 19.4. The second kappa shape index (κ2) is 12.8. The Morgan fingerprint density at radius 2 is 1.71 bits per heavy atom. The zero-order valence-corrected chi connectivity index (χ0v) is 23.3. The highest BCUT2D eigenvalue weighted by Crippen LogP contribution is 2.39. The van der Waals surface area contributed by atoms with Crippen molar-refractivity contribution in [2.24, 2.45) is 4.99 Å².